The number of esters is 1. The number of aromatic nitrogens is 1. The lowest BCUT2D eigenvalue weighted by molar-refractivity contribution is -0.131. The second-order valence-corrected chi connectivity index (χ2v) is 6.96. The van der Waals surface area contributed by atoms with Gasteiger partial charge < -0.3 is 9.84 Å². The number of benzene rings is 2. The molecule has 0 fully saturated rings. The Morgan fingerprint density at radius 1 is 1.10 bits per heavy atom. The quantitative estimate of drug-likeness (QED) is 0.589. The summed E-state index contributed by atoms with van der Waals surface area (Å²) in [7, 11) is 0. The average molecular weight is 419 g/mol. The van der Waals surface area contributed by atoms with Crippen molar-refractivity contribution < 1.29 is 32.6 Å². The van der Waals surface area contributed by atoms with Gasteiger partial charge in [-0.05, 0) is 38.0 Å². The van der Waals surface area contributed by atoms with E-state index in [1.165, 1.54) is 13.8 Å². The molecule has 0 saturated heterocycles. The van der Waals surface area contributed by atoms with Crippen molar-refractivity contribution in [2.75, 3.05) is 0 Å². The van der Waals surface area contributed by atoms with Gasteiger partial charge in [0.2, 0.25) is 0 Å². The predicted molar refractivity (Wildman–Crippen MR) is 104 cm³/mol. The summed E-state index contributed by atoms with van der Waals surface area (Å²) in [5, 5.41) is 10.5. The van der Waals surface area contributed by atoms with Crippen LogP contribution < -0.4 is 4.74 Å². The van der Waals surface area contributed by atoms with Crippen LogP contribution in [0.4, 0.5) is 13.2 Å². The maximum Gasteiger partial charge on any atom is 0.308 e. The fourth-order valence-electron chi connectivity index (χ4n) is 3.46. The largest absolute Gasteiger partial charge is 0.505 e. The molecule has 1 aromatic heterocycles. The van der Waals surface area contributed by atoms with Crippen molar-refractivity contribution in [2.24, 2.45) is 0 Å². The first kappa shape index (κ1) is 21.4. The number of fused-ring (bicyclic) bond motifs is 1. The summed E-state index contributed by atoms with van der Waals surface area (Å²) in [4.78, 5) is 24.8. The van der Waals surface area contributed by atoms with E-state index < -0.39 is 35.1 Å². The van der Waals surface area contributed by atoms with Gasteiger partial charge in [0.05, 0.1) is 16.6 Å². The number of phenols is 1. The molecule has 3 aromatic rings. The van der Waals surface area contributed by atoms with Crippen molar-refractivity contribution in [3.8, 4) is 11.5 Å². The molecule has 0 radical (unpaired) electrons. The van der Waals surface area contributed by atoms with Gasteiger partial charge in [-0.25, -0.2) is 13.2 Å². The molecule has 0 saturated carbocycles. The van der Waals surface area contributed by atoms with Crippen LogP contribution in [0.15, 0.2) is 24.3 Å². The average Bonchev–Trinajstić information content (AvgIpc) is 2.94. The van der Waals surface area contributed by atoms with Crippen molar-refractivity contribution in [1.29, 1.82) is 0 Å². The molecule has 1 heterocycles. The Labute approximate surface area is 170 Å². The lowest BCUT2D eigenvalue weighted by Crippen LogP contribution is -2.14. The zero-order chi connectivity index (χ0) is 22.2. The molecule has 158 valence electrons. The summed E-state index contributed by atoms with van der Waals surface area (Å²) < 4.78 is 47.8. The Morgan fingerprint density at radius 2 is 1.80 bits per heavy atom. The first-order chi connectivity index (χ1) is 14.2. The van der Waals surface area contributed by atoms with Crippen molar-refractivity contribution in [2.45, 2.75) is 40.0 Å². The minimum Gasteiger partial charge on any atom is -0.505 e. The molecule has 2 aromatic carbocycles. The van der Waals surface area contributed by atoms with Crippen LogP contribution in [-0.2, 0) is 11.2 Å². The lowest BCUT2D eigenvalue weighted by atomic mass is 10.0. The molecule has 0 aliphatic heterocycles. The van der Waals surface area contributed by atoms with Gasteiger partial charge in [0.15, 0.2) is 29.0 Å². The second kappa shape index (κ2) is 8.22. The first-order valence-electron chi connectivity index (χ1n) is 9.40. The number of carbonyl (C=O) groups is 2. The van der Waals surface area contributed by atoms with Crippen LogP contribution in [0.3, 0.4) is 0 Å². The molecule has 0 amide bonds. The van der Waals surface area contributed by atoms with E-state index in [1.54, 1.807) is 0 Å². The highest BCUT2D eigenvalue weighted by Crippen LogP contribution is 2.41. The lowest BCUT2D eigenvalue weighted by Gasteiger charge is -2.10. The van der Waals surface area contributed by atoms with E-state index in [0.717, 1.165) is 35.3 Å². The van der Waals surface area contributed by atoms with Crippen LogP contribution in [0, 0.1) is 24.4 Å². The van der Waals surface area contributed by atoms with Crippen LogP contribution in [-0.4, -0.2) is 21.6 Å². The monoisotopic (exact) mass is 419 g/mol. The fraction of sp³-hybridized carbons (Fsp3) is 0.273. The molecule has 0 spiro atoms. The normalized spacial score (nSPS) is 11.1. The summed E-state index contributed by atoms with van der Waals surface area (Å²) in [6, 6.07) is 3.61. The number of hydrogen-bond donors (Lipinski definition) is 1. The molecule has 3 rings (SSSR count). The second-order valence-electron chi connectivity index (χ2n) is 6.96. The van der Waals surface area contributed by atoms with Crippen LogP contribution in [0.1, 0.15) is 48.3 Å². The third-order valence-electron chi connectivity index (χ3n) is 4.86. The Morgan fingerprint density at radius 3 is 2.40 bits per heavy atom. The molecular weight excluding hydrogens is 399 g/mol. The van der Waals surface area contributed by atoms with Crippen LogP contribution in [0.2, 0.25) is 0 Å². The Hall–Kier alpha value is -3.29. The topological polar surface area (TPSA) is 68.5 Å². The van der Waals surface area contributed by atoms with Gasteiger partial charge in [-0.3, -0.25) is 14.2 Å². The number of aromatic hydroxyl groups is 1. The molecular formula is C22H20F3NO4. The molecule has 5 nitrogen and oxygen atoms in total. The van der Waals surface area contributed by atoms with Crippen molar-refractivity contribution in [1.82, 2.24) is 4.57 Å². The minimum absolute atomic E-state index is 0.00911. The van der Waals surface area contributed by atoms with E-state index in [1.807, 2.05) is 6.92 Å². The zero-order valence-electron chi connectivity index (χ0n) is 16.7. The maximum absolute atomic E-state index is 14.5. The number of hydrogen-bond acceptors (Lipinski definition) is 4. The number of unbranched alkanes of at least 4 members (excludes halogenated alkanes) is 1. The van der Waals surface area contributed by atoms with Gasteiger partial charge in [-0.2, -0.15) is 0 Å². The van der Waals surface area contributed by atoms with Gasteiger partial charge in [-0.1, -0.05) is 13.3 Å². The van der Waals surface area contributed by atoms with Gasteiger partial charge in [0, 0.05) is 24.1 Å². The number of nitrogens with zero attached hydrogens (tertiary/aromatic N) is 1. The maximum atomic E-state index is 14.5. The Balaban J connectivity index is 2.35. The van der Waals surface area contributed by atoms with E-state index in [4.69, 9.17) is 4.74 Å². The van der Waals surface area contributed by atoms with Crippen LogP contribution in [0.25, 0.3) is 10.9 Å². The third-order valence-corrected chi connectivity index (χ3v) is 4.86. The molecule has 1 N–H and O–H groups in total. The molecule has 0 unspecified atom stereocenters. The van der Waals surface area contributed by atoms with Gasteiger partial charge >= 0.3 is 5.97 Å². The molecule has 8 heteroatoms. The van der Waals surface area contributed by atoms with Gasteiger partial charge in [-0.15, -0.1) is 0 Å². The van der Waals surface area contributed by atoms with E-state index >= 15 is 0 Å². The Kier molecular flexibility index (Phi) is 5.87. The summed E-state index contributed by atoms with van der Waals surface area (Å²) in [6.07, 6.45) is 1.66. The van der Waals surface area contributed by atoms with Crippen LogP contribution in [0.5, 0.6) is 11.5 Å². The smallest absolute Gasteiger partial charge is 0.308 e. The summed E-state index contributed by atoms with van der Waals surface area (Å²) in [5.74, 6) is -5.26. The van der Waals surface area contributed by atoms with E-state index in [2.05, 4.69) is 0 Å². The van der Waals surface area contributed by atoms with E-state index in [9.17, 15) is 27.9 Å². The molecule has 0 aliphatic rings. The molecule has 0 bridgehead atoms. The third kappa shape index (κ3) is 3.65. The SMILES string of the molecule is CCCCc1c(O)c(F)cc2c1c(OC(C)=O)c(C)n2C(=O)c1ccc(F)c(F)c1. The van der Waals surface area contributed by atoms with Crippen molar-refractivity contribution >= 4 is 22.8 Å². The predicted octanol–water partition coefficient (Wildman–Crippen LogP) is 5.03. The highest BCUT2D eigenvalue weighted by Gasteiger charge is 2.27. The standard InChI is InChI=1S/C22H20F3NO4/c1-4-5-6-14-19-18(10-17(25)20(14)28)26(11(2)21(19)30-12(3)27)22(29)13-7-8-15(23)16(24)9-13/h7-10,28H,4-6H2,1-3H3. The van der Waals surface area contributed by atoms with Crippen LogP contribution >= 0.6 is 0 Å². The first-order valence-corrected chi connectivity index (χ1v) is 9.40. The summed E-state index contributed by atoms with van der Waals surface area (Å²) in [5.41, 5.74) is 0.257. The fourth-order valence-corrected chi connectivity index (χ4v) is 3.46. The van der Waals surface area contributed by atoms with E-state index in [0.29, 0.717) is 6.42 Å². The highest BCUT2D eigenvalue weighted by molar-refractivity contribution is 6.07. The number of ether oxygens (including phenoxy) is 1. The number of phenolic OH excluding ortho intramolecular Hbond substituents is 1. The summed E-state index contributed by atoms with van der Waals surface area (Å²) in [6.45, 7) is 4.58. The summed E-state index contributed by atoms with van der Waals surface area (Å²) >= 11 is 0. The van der Waals surface area contributed by atoms with Crippen molar-refractivity contribution in [3.63, 3.8) is 0 Å². The van der Waals surface area contributed by atoms with Gasteiger partial charge in [0.1, 0.15) is 0 Å². The highest BCUT2D eigenvalue weighted by atomic mass is 19.2. The number of carbonyl (C=O) groups excluding carboxylic acids is 2. The molecule has 0 aliphatic carbocycles. The van der Waals surface area contributed by atoms with E-state index in [-0.39, 0.29) is 39.9 Å². The Bertz CT molecular complexity index is 1170. The number of halogens is 3. The molecule has 0 atom stereocenters. The van der Waals surface area contributed by atoms with Crippen molar-refractivity contribution in [3.05, 3.63) is 58.5 Å². The zero-order valence-corrected chi connectivity index (χ0v) is 16.7. The minimum atomic E-state index is -1.21. The number of aryl methyl sites for hydroxylation is 1. The number of rotatable bonds is 5. The molecule has 30 heavy (non-hydrogen) atoms. The van der Waals surface area contributed by atoms with Gasteiger partial charge in [0.25, 0.3) is 5.91 Å².